The zero-order valence-electron chi connectivity index (χ0n) is 7.35. The third-order valence-electron chi connectivity index (χ3n) is 3.02. The van der Waals surface area contributed by atoms with Gasteiger partial charge in [-0.15, -0.1) is 0 Å². The molecule has 2 aliphatic rings. The monoisotopic (exact) mass is 171 g/mol. The topological polar surface area (TPSA) is 20.3 Å². The van der Waals surface area contributed by atoms with E-state index >= 15 is 0 Å². The van der Waals surface area contributed by atoms with Gasteiger partial charge in [-0.1, -0.05) is 6.92 Å². The highest BCUT2D eigenvalue weighted by molar-refractivity contribution is 5.77. The van der Waals surface area contributed by atoms with Crippen LogP contribution >= 0.6 is 0 Å². The minimum Gasteiger partial charge on any atom is -0.341 e. The molecule has 1 aliphatic heterocycles. The van der Waals surface area contributed by atoms with Crippen LogP contribution in [-0.2, 0) is 4.79 Å². The summed E-state index contributed by atoms with van der Waals surface area (Å²) in [4.78, 5) is 13.0. The van der Waals surface area contributed by atoms with E-state index in [1.54, 1.807) is 0 Å². The molecule has 3 heteroatoms. The van der Waals surface area contributed by atoms with Crippen molar-refractivity contribution in [3.05, 3.63) is 0 Å². The fourth-order valence-electron chi connectivity index (χ4n) is 2.30. The Morgan fingerprint density at radius 2 is 2.17 bits per heavy atom. The number of likely N-dealkylation sites (tertiary alicyclic amines) is 1. The summed E-state index contributed by atoms with van der Waals surface area (Å²) in [5.41, 5.74) is 0.199. The first kappa shape index (κ1) is 8.02. The van der Waals surface area contributed by atoms with E-state index in [2.05, 4.69) is 0 Å². The molecule has 1 heterocycles. The molecule has 1 saturated carbocycles. The number of halogens is 1. The lowest BCUT2D eigenvalue weighted by molar-refractivity contribution is -0.156. The highest BCUT2D eigenvalue weighted by Gasteiger charge is 2.53. The number of hydrogen-bond donors (Lipinski definition) is 0. The van der Waals surface area contributed by atoms with Crippen molar-refractivity contribution in [3.63, 3.8) is 0 Å². The molecule has 1 amide bonds. The highest BCUT2D eigenvalue weighted by Crippen LogP contribution is 2.49. The van der Waals surface area contributed by atoms with Gasteiger partial charge < -0.3 is 4.90 Å². The molecule has 0 bridgehead atoms. The van der Waals surface area contributed by atoms with Crippen molar-refractivity contribution in [1.29, 1.82) is 0 Å². The summed E-state index contributed by atoms with van der Waals surface area (Å²) in [7, 11) is 0. The molecule has 68 valence electrons. The van der Waals surface area contributed by atoms with Crippen molar-refractivity contribution in [2.24, 2.45) is 5.41 Å². The van der Waals surface area contributed by atoms with E-state index < -0.39 is 6.17 Å². The van der Waals surface area contributed by atoms with Crippen LogP contribution in [0.15, 0.2) is 0 Å². The van der Waals surface area contributed by atoms with Gasteiger partial charge >= 0.3 is 0 Å². The number of carbonyl (C=O) groups is 1. The Labute approximate surface area is 71.7 Å². The lowest BCUT2D eigenvalue weighted by atomic mass is 9.62. The van der Waals surface area contributed by atoms with Gasteiger partial charge in [0.05, 0.1) is 0 Å². The van der Waals surface area contributed by atoms with Crippen LogP contribution in [0.4, 0.5) is 4.39 Å². The van der Waals surface area contributed by atoms with E-state index in [1.165, 1.54) is 0 Å². The maximum atomic E-state index is 12.5. The second-order valence-electron chi connectivity index (χ2n) is 4.11. The normalized spacial score (nSPS) is 26.7. The molecule has 2 fully saturated rings. The van der Waals surface area contributed by atoms with Crippen LogP contribution < -0.4 is 0 Å². The summed E-state index contributed by atoms with van der Waals surface area (Å²) in [6.07, 6.45) is 1.35. The van der Waals surface area contributed by atoms with Crippen molar-refractivity contribution in [2.75, 3.05) is 13.1 Å². The first-order valence-corrected chi connectivity index (χ1v) is 4.57. The molecule has 1 aliphatic carbocycles. The fourth-order valence-corrected chi connectivity index (χ4v) is 2.30. The number of rotatable bonds is 1. The number of alkyl halides is 1. The molecular weight excluding hydrogens is 157 g/mol. The number of amides is 1. The van der Waals surface area contributed by atoms with E-state index in [-0.39, 0.29) is 11.3 Å². The quantitative estimate of drug-likeness (QED) is 0.583. The van der Waals surface area contributed by atoms with Gasteiger partial charge in [-0.05, 0) is 12.8 Å². The molecule has 0 unspecified atom stereocenters. The first-order chi connectivity index (χ1) is 5.65. The molecular formula is C9H14FNO. The van der Waals surface area contributed by atoms with Crippen LogP contribution in [0.3, 0.4) is 0 Å². The Morgan fingerprint density at radius 1 is 1.58 bits per heavy atom. The molecule has 0 radical (unpaired) electrons. The number of hydrogen-bond acceptors (Lipinski definition) is 1. The van der Waals surface area contributed by atoms with E-state index in [9.17, 15) is 9.18 Å². The highest BCUT2D eigenvalue weighted by atomic mass is 19.1. The second-order valence-corrected chi connectivity index (χ2v) is 4.11. The lowest BCUT2D eigenvalue weighted by Gasteiger charge is -2.57. The Balaban J connectivity index is 1.81. The molecule has 2 rings (SSSR count). The van der Waals surface area contributed by atoms with Crippen LogP contribution in [0, 0.1) is 5.41 Å². The lowest BCUT2D eigenvalue weighted by Crippen LogP contribution is -2.64. The van der Waals surface area contributed by atoms with Crippen molar-refractivity contribution >= 4 is 5.91 Å². The van der Waals surface area contributed by atoms with Gasteiger partial charge in [-0.2, -0.15) is 0 Å². The maximum absolute atomic E-state index is 12.5. The third kappa shape index (κ3) is 1.03. The summed E-state index contributed by atoms with van der Waals surface area (Å²) < 4.78 is 12.5. The van der Waals surface area contributed by atoms with Gasteiger partial charge in [-0.25, -0.2) is 4.39 Å². The number of carbonyl (C=O) groups excluding carboxylic acids is 1. The van der Waals surface area contributed by atoms with Crippen LogP contribution in [0.2, 0.25) is 0 Å². The molecule has 12 heavy (non-hydrogen) atoms. The van der Waals surface area contributed by atoms with Crippen LogP contribution in [-0.4, -0.2) is 30.1 Å². The molecule has 0 aromatic rings. The third-order valence-corrected chi connectivity index (χ3v) is 3.02. The van der Waals surface area contributed by atoms with Gasteiger partial charge in [0.25, 0.3) is 0 Å². The van der Waals surface area contributed by atoms with Gasteiger partial charge in [0.2, 0.25) is 5.91 Å². The van der Waals surface area contributed by atoms with Gasteiger partial charge in [-0.3, -0.25) is 4.79 Å². The summed E-state index contributed by atoms with van der Waals surface area (Å²) in [6, 6.07) is 0. The summed E-state index contributed by atoms with van der Waals surface area (Å²) >= 11 is 0. The predicted molar refractivity (Wildman–Crippen MR) is 43.4 cm³/mol. The summed E-state index contributed by atoms with van der Waals surface area (Å²) in [5.74, 6) is 0.211. The minimum atomic E-state index is -0.594. The maximum Gasteiger partial charge on any atom is 0.222 e. The van der Waals surface area contributed by atoms with E-state index in [0.29, 0.717) is 19.3 Å². The van der Waals surface area contributed by atoms with E-state index in [4.69, 9.17) is 0 Å². The second kappa shape index (κ2) is 2.44. The minimum absolute atomic E-state index is 0.199. The predicted octanol–water partition coefficient (Wildman–Crippen LogP) is 1.36. The fraction of sp³-hybridized carbons (Fsp3) is 0.889. The molecule has 2 nitrogen and oxygen atoms in total. The zero-order chi connectivity index (χ0) is 8.77. The molecule has 1 spiro atoms. The molecule has 0 aromatic heterocycles. The van der Waals surface area contributed by atoms with Crippen LogP contribution in [0.1, 0.15) is 26.2 Å². The summed E-state index contributed by atoms with van der Waals surface area (Å²) in [5, 5.41) is 0. The van der Waals surface area contributed by atoms with E-state index in [0.717, 1.165) is 13.1 Å². The Morgan fingerprint density at radius 3 is 2.58 bits per heavy atom. The first-order valence-electron chi connectivity index (χ1n) is 4.57. The molecule has 1 saturated heterocycles. The Kier molecular flexibility index (Phi) is 1.63. The van der Waals surface area contributed by atoms with Crippen molar-refractivity contribution in [3.8, 4) is 0 Å². The van der Waals surface area contributed by atoms with Gasteiger partial charge in [0.1, 0.15) is 6.17 Å². The standard InChI is InChI=1S/C9H14FNO/c1-2-8(12)11-5-9(6-11)3-7(10)4-9/h7H,2-6H2,1H3. The average molecular weight is 171 g/mol. The summed E-state index contributed by atoms with van der Waals surface area (Å²) in [6.45, 7) is 3.48. The Hall–Kier alpha value is -0.600. The molecule has 0 aromatic carbocycles. The van der Waals surface area contributed by atoms with Gasteiger partial charge in [0, 0.05) is 24.9 Å². The molecule has 0 atom stereocenters. The van der Waals surface area contributed by atoms with Crippen molar-refractivity contribution in [2.45, 2.75) is 32.4 Å². The smallest absolute Gasteiger partial charge is 0.222 e. The Bertz CT molecular complexity index is 203. The molecule has 0 N–H and O–H groups in total. The largest absolute Gasteiger partial charge is 0.341 e. The van der Waals surface area contributed by atoms with E-state index in [1.807, 2.05) is 11.8 Å². The van der Waals surface area contributed by atoms with Crippen molar-refractivity contribution in [1.82, 2.24) is 4.90 Å². The van der Waals surface area contributed by atoms with Crippen molar-refractivity contribution < 1.29 is 9.18 Å². The SMILES string of the molecule is CCC(=O)N1CC2(CC(F)C2)C1. The zero-order valence-corrected chi connectivity index (χ0v) is 7.35. The van der Waals surface area contributed by atoms with Gasteiger partial charge in [0.15, 0.2) is 0 Å². The average Bonchev–Trinajstić information content (AvgIpc) is 1.92. The van der Waals surface area contributed by atoms with Crippen LogP contribution in [0.5, 0.6) is 0 Å². The number of nitrogens with zero attached hydrogens (tertiary/aromatic N) is 1. The van der Waals surface area contributed by atoms with Crippen LogP contribution in [0.25, 0.3) is 0 Å².